The summed E-state index contributed by atoms with van der Waals surface area (Å²) < 4.78 is 20.7. The third-order valence-electron chi connectivity index (χ3n) is 4.22. The van der Waals surface area contributed by atoms with Gasteiger partial charge in [0, 0.05) is 43.3 Å². The molecule has 152 valence electrons. The van der Waals surface area contributed by atoms with Crippen LogP contribution in [0.4, 0.5) is 15.3 Å². The maximum absolute atomic E-state index is 12.2. The van der Waals surface area contributed by atoms with E-state index in [9.17, 15) is 9.59 Å². The topological polar surface area (TPSA) is 81.5 Å². The van der Waals surface area contributed by atoms with Crippen molar-refractivity contribution in [1.29, 1.82) is 0 Å². The number of rotatable bonds is 3. The van der Waals surface area contributed by atoms with Crippen LogP contribution in [0.25, 0.3) is 11.0 Å². The number of benzene rings is 1. The molecule has 0 spiro atoms. The molecule has 1 aliphatic heterocycles. The predicted octanol–water partition coefficient (Wildman–Crippen LogP) is 4.03. The fraction of sp³-hybridized carbons (Fsp3) is 0.500. The van der Waals surface area contributed by atoms with Crippen LogP contribution >= 0.6 is 0 Å². The molecule has 1 aromatic heterocycles. The Morgan fingerprint density at radius 1 is 1.11 bits per heavy atom. The lowest BCUT2D eigenvalue weighted by molar-refractivity contribution is 0.0240. The van der Waals surface area contributed by atoms with Gasteiger partial charge < -0.3 is 28.4 Å². The van der Waals surface area contributed by atoms with Crippen molar-refractivity contribution in [3.63, 3.8) is 0 Å². The first kappa shape index (κ1) is 19.9. The first-order valence-electron chi connectivity index (χ1n) is 9.36. The first-order chi connectivity index (χ1) is 13.2. The van der Waals surface area contributed by atoms with Crippen molar-refractivity contribution in [3.8, 4) is 5.95 Å². The SMILES string of the molecule is CCOC(=O)Oc1cc2cc(N3CCN(C(=O)OC(C)(C)C)CC3)ccc2o1. The minimum atomic E-state index is -0.792. The van der Waals surface area contributed by atoms with E-state index in [-0.39, 0.29) is 18.6 Å². The summed E-state index contributed by atoms with van der Waals surface area (Å²) in [6.45, 7) is 10.1. The largest absolute Gasteiger partial charge is 0.516 e. The van der Waals surface area contributed by atoms with Crippen LogP contribution in [-0.2, 0) is 9.47 Å². The summed E-state index contributed by atoms with van der Waals surface area (Å²) in [5.41, 5.74) is 1.14. The lowest BCUT2D eigenvalue weighted by atomic mass is 10.2. The second-order valence-electron chi connectivity index (χ2n) is 7.53. The van der Waals surface area contributed by atoms with Crippen molar-refractivity contribution < 1.29 is 28.2 Å². The van der Waals surface area contributed by atoms with E-state index in [0.717, 1.165) is 11.1 Å². The molecule has 1 amide bonds. The Morgan fingerprint density at radius 3 is 2.46 bits per heavy atom. The van der Waals surface area contributed by atoms with Crippen molar-refractivity contribution >= 4 is 28.9 Å². The lowest BCUT2D eigenvalue weighted by Crippen LogP contribution is -2.50. The zero-order valence-corrected chi connectivity index (χ0v) is 16.7. The Kier molecular flexibility index (Phi) is 5.67. The second-order valence-corrected chi connectivity index (χ2v) is 7.53. The van der Waals surface area contributed by atoms with E-state index in [1.807, 2.05) is 39.0 Å². The molecular formula is C20H26N2O6. The summed E-state index contributed by atoms with van der Waals surface area (Å²) >= 11 is 0. The van der Waals surface area contributed by atoms with Crippen LogP contribution in [0, 0.1) is 0 Å². The Bertz CT molecular complexity index is 846. The third-order valence-corrected chi connectivity index (χ3v) is 4.22. The number of amides is 1. The average molecular weight is 390 g/mol. The zero-order chi connectivity index (χ0) is 20.3. The van der Waals surface area contributed by atoms with Gasteiger partial charge in [-0.2, -0.15) is 0 Å². The third kappa shape index (κ3) is 4.88. The number of hydrogen-bond acceptors (Lipinski definition) is 7. The minimum Gasteiger partial charge on any atom is -0.444 e. The summed E-state index contributed by atoms with van der Waals surface area (Å²) in [5.74, 6) is 0.0975. The molecule has 8 nitrogen and oxygen atoms in total. The Labute approximate surface area is 163 Å². The van der Waals surface area contributed by atoms with Crippen molar-refractivity contribution in [2.24, 2.45) is 0 Å². The molecule has 1 aromatic carbocycles. The van der Waals surface area contributed by atoms with Crippen LogP contribution in [-0.4, -0.2) is 55.5 Å². The van der Waals surface area contributed by atoms with Crippen molar-refractivity contribution in [2.75, 3.05) is 37.7 Å². The highest BCUT2D eigenvalue weighted by molar-refractivity contribution is 5.83. The van der Waals surface area contributed by atoms with Crippen molar-refractivity contribution in [2.45, 2.75) is 33.3 Å². The van der Waals surface area contributed by atoms with Gasteiger partial charge in [-0.15, -0.1) is 0 Å². The van der Waals surface area contributed by atoms with Crippen LogP contribution in [0.15, 0.2) is 28.7 Å². The zero-order valence-electron chi connectivity index (χ0n) is 16.7. The number of hydrogen-bond donors (Lipinski definition) is 0. The van der Waals surface area contributed by atoms with Gasteiger partial charge in [0.15, 0.2) is 0 Å². The fourth-order valence-electron chi connectivity index (χ4n) is 2.96. The van der Waals surface area contributed by atoms with Crippen molar-refractivity contribution in [1.82, 2.24) is 4.90 Å². The van der Waals surface area contributed by atoms with Gasteiger partial charge in [-0.1, -0.05) is 0 Å². The number of fused-ring (bicyclic) bond motifs is 1. The van der Waals surface area contributed by atoms with E-state index in [1.54, 1.807) is 17.9 Å². The van der Waals surface area contributed by atoms with Gasteiger partial charge in [0.05, 0.1) is 6.61 Å². The monoisotopic (exact) mass is 390 g/mol. The highest BCUT2D eigenvalue weighted by Gasteiger charge is 2.26. The summed E-state index contributed by atoms with van der Waals surface area (Å²) in [6.07, 6.45) is -1.07. The normalized spacial score (nSPS) is 14.9. The average Bonchev–Trinajstić information content (AvgIpc) is 3.01. The molecule has 0 unspecified atom stereocenters. The molecule has 2 aromatic rings. The van der Waals surface area contributed by atoms with Crippen LogP contribution in [0.1, 0.15) is 27.7 Å². The molecule has 1 saturated heterocycles. The number of ether oxygens (including phenoxy) is 3. The fourth-order valence-corrected chi connectivity index (χ4v) is 2.96. The highest BCUT2D eigenvalue weighted by atomic mass is 16.8. The second kappa shape index (κ2) is 8.00. The minimum absolute atomic E-state index is 0.0975. The molecule has 1 aliphatic rings. The van der Waals surface area contributed by atoms with Gasteiger partial charge in [-0.25, -0.2) is 9.59 Å². The molecule has 28 heavy (non-hydrogen) atoms. The van der Waals surface area contributed by atoms with Crippen LogP contribution in [0.3, 0.4) is 0 Å². The van der Waals surface area contributed by atoms with Gasteiger partial charge in [-0.05, 0) is 45.9 Å². The molecule has 0 aliphatic carbocycles. The molecule has 8 heteroatoms. The Morgan fingerprint density at radius 2 is 1.82 bits per heavy atom. The first-order valence-corrected chi connectivity index (χ1v) is 9.36. The number of anilines is 1. The van der Waals surface area contributed by atoms with Gasteiger partial charge in [-0.3, -0.25) is 0 Å². The molecule has 1 fully saturated rings. The molecule has 0 N–H and O–H groups in total. The molecule has 0 atom stereocenters. The maximum Gasteiger partial charge on any atom is 0.516 e. The maximum atomic E-state index is 12.2. The summed E-state index contributed by atoms with van der Waals surface area (Å²) in [7, 11) is 0. The quantitative estimate of drug-likeness (QED) is 0.732. The van der Waals surface area contributed by atoms with E-state index in [2.05, 4.69) is 4.90 Å². The molecule has 0 bridgehead atoms. The molecule has 2 heterocycles. The predicted molar refractivity (Wildman–Crippen MR) is 104 cm³/mol. The number of furan rings is 1. The summed E-state index contributed by atoms with van der Waals surface area (Å²) in [5, 5.41) is 0.825. The van der Waals surface area contributed by atoms with E-state index < -0.39 is 11.8 Å². The Hall–Kier alpha value is -2.90. The van der Waals surface area contributed by atoms with Crippen LogP contribution < -0.4 is 9.64 Å². The van der Waals surface area contributed by atoms with Gasteiger partial charge in [0.25, 0.3) is 5.95 Å². The van der Waals surface area contributed by atoms with Gasteiger partial charge >= 0.3 is 12.2 Å². The van der Waals surface area contributed by atoms with E-state index in [4.69, 9.17) is 18.6 Å². The molecular weight excluding hydrogens is 364 g/mol. The van der Waals surface area contributed by atoms with Gasteiger partial charge in [0.2, 0.25) is 0 Å². The smallest absolute Gasteiger partial charge is 0.444 e. The Balaban J connectivity index is 1.63. The van der Waals surface area contributed by atoms with E-state index in [0.29, 0.717) is 31.8 Å². The van der Waals surface area contributed by atoms with E-state index >= 15 is 0 Å². The summed E-state index contributed by atoms with van der Waals surface area (Å²) in [6, 6.07) is 7.42. The van der Waals surface area contributed by atoms with Crippen LogP contribution in [0.5, 0.6) is 5.95 Å². The number of piperazine rings is 1. The molecule has 3 rings (SSSR count). The lowest BCUT2D eigenvalue weighted by Gasteiger charge is -2.36. The highest BCUT2D eigenvalue weighted by Crippen LogP contribution is 2.29. The molecule has 0 radical (unpaired) electrons. The molecule has 0 saturated carbocycles. The standard InChI is InChI=1S/C20H26N2O6/c1-5-25-19(24)27-17-13-14-12-15(6-7-16(14)26-17)21-8-10-22(11-9-21)18(23)28-20(2,3)4/h6-7,12-13H,5,8-11H2,1-4H3. The van der Waals surface area contributed by atoms with Crippen molar-refractivity contribution in [3.05, 3.63) is 24.3 Å². The summed E-state index contributed by atoms with van der Waals surface area (Å²) in [4.78, 5) is 27.5. The van der Waals surface area contributed by atoms with E-state index in [1.165, 1.54) is 0 Å². The van der Waals surface area contributed by atoms with Gasteiger partial charge in [0.1, 0.15) is 11.2 Å². The van der Waals surface area contributed by atoms with Crippen LogP contribution in [0.2, 0.25) is 0 Å². The number of carbonyl (C=O) groups is 2. The number of carbonyl (C=O) groups excluding carboxylic acids is 2. The number of nitrogens with zero attached hydrogens (tertiary/aromatic N) is 2.